The number of amides is 1. The minimum absolute atomic E-state index is 0.290. The van der Waals surface area contributed by atoms with Crippen LogP contribution in [0, 0.1) is 11.3 Å². The van der Waals surface area contributed by atoms with Gasteiger partial charge in [0, 0.05) is 5.56 Å². The first-order valence-corrected chi connectivity index (χ1v) is 7.35. The summed E-state index contributed by atoms with van der Waals surface area (Å²) in [5.41, 5.74) is 0.657. The summed E-state index contributed by atoms with van der Waals surface area (Å²) >= 11 is 1.63. The Bertz CT molecular complexity index is 525. The molecular formula is C14H16N2O3S. The number of hydrogen-bond acceptors (Lipinski definition) is 4. The highest BCUT2D eigenvalue weighted by atomic mass is 32.2. The molecule has 1 unspecified atom stereocenters. The van der Waals surface area contributed by atoms with Crippen LogP contribution in [0.15, 0.2) is 24.3 Å². The lowest BCUT2D eigenvalue weighted by atomic mass is 10.1. The average molecular weight is 292 g/mol. The maximum atomic E-state index is 12.0. The normalized spacial score (nSPS) is 11.4. The molecule has 0 aliphatic heterocycles. The molecule has 5 nitrogen and oxygen atoms in total. The number of carbonyl (C=O) groups excluding carboxylic acids is 1. The van der Waals surface area contributed by atoms with Gasteiger partial charge in [0.1, 0.15) is 6.04 Å². The Balaban J connectivity index is 2.70. The Kier molecular flexibility index (Phi) is 6.60. The minimum atomic E-state index is -1.05. The third-order valence-corrected chi connectivity index (χ3v) is 3.54. The van der Waals surface area contributed by atoms with E-state index in [4.69, 9.17) is 10.4 Å². The molecule has 0 radical (unpaired) electrons. The number of aliphatic carboxylic acids is 1. The van der Waals surface area contributed by atoms with Gasteiger partial charge in [-0.05, 0) is 36.1 Å². The summed E-state index contributed by atoms with van der Waals surface area (Å²) < 4.78 is 0. The van der Waals surface area contributed by atoms with E-state index in [-0.39, 0.29) is 0 Å². The Hall–Kier alpha value is -2.00. The maximum absolute atomic E-state index is 12.0. The fourth-order valence-corrected chi connectivity index (χ4v) is 2.27. The highest BCUT2D eigenvalue weighted by Gasteiger charge is 2.20. The van der Waals surface area contributed by atoms with Crippen molar-refractivity contribution in [3.05, 3.63) is 35.4 Å². The van der Waals surface area contributed by atoms with Crippen LogP contribution in [0.5, 0.6) is 0 Å². The van der Waals surface area contributed by atoms with Crippen molar-refractivity contribution >= 4 is 23.6 Å². The molecule has 106 valence electrons. The van der Waals surface area contributed by atoms with E-state index in [9.17, 15) is 9.59 Å². The maximum Gasteiger partial charge on any atom is 0.326 e. The topological polar surface area (TPSA) is 90.2 Å². The fraction of sp³-hybridized carbons (Fsp3) is 0.357. The van der Waals surface area contributed by atoms with Crippen LogP contribution >= 0.6 is 11.8 Å². The molecule has 2 N–H and O–H groups in total. The van der Waals surface area contributed by atoms with Crippen LogP contribution in [-0.2, 0) is 4.79 Å². The summed E-state index contributed by atoms with van der Waals surface area (Å²) in [6.45, 7) is 1.99. The summed E-state index contributed by atoms with van der Waals surface area (Å²) in [5, 5.41) is 20.4. The summed E-state index contributed by atoms with van der Waals surface area (Å²) in [6.07, 6.45) is 0.373. The molecule has 0 heterocycles. The number of carbonyl (C=O) groups is 2. The number of carboxylic acids is 1. The van der Waals surface area contributed by atoms with Gasteiger partial charge in [-0.2, -0.15) is 17.0 Å². The molecule has 0 aliphatic carbocycles. The first-order valence-electron chi connectivity index (χ1n) is 6.20. The molecule has 6 heteroatoms. The quantitative estimate of drug-likeness (QED) is 0.749. The summed E-state index contributed by atoms with van der Waals surface area (Å²) in [7, 11) is 0. The summed E-state index contributed by atoms with van der Waals surface area (Å²) in [6, 6.07) is 7.20. The number of hydrogen-bond donors (Lipinski definition) is 2. The highest BCUT2D eigenvalue weighted by molar-refractivity contribution is 7.99. The molecular weight excluding hydrogens is 276 g/mol. The van der Waals surface area contributed by atoms with Crippen LogP contribution < -0.4 is 5.32 Å². The van der Waals surface area contributed by atoms with Crippen LogP contribution in [0.25, 0.3) is 0 Å². The second kappa shape index (κ2) is 8.23. The molecule has 1 amide bonds. The third kappa shape index (κ3) is 4.94. The van der Waals surface area contributed by atoms with Gasteiger partial charge in [0.2, 0.25) is 0 Å². The van der Waals surface area contributed by atoms with E-state index < -0.39 is 17.9 Å². The fourth-order valence-electron chi connectivity index (χ4n) is 1.57. The van der Waals surface area contributed by atoms with Crippen molar-refractivity contribution in [2.75, 3.05) is 11.5 Å². The lowest BCUT2D eigenvalue weighted by Crippen LogP contribution is -2.41. The molecule has 0 aromatic heterocycles. The van der Waals surface area contributed by atoms with E-state index in [0.29, 0.717) is 23.3 Å². The van der Waals surface area contributed by atoms with Gasteiger partial charge in [-0.25, -0.2) is 4.79 Å². The van der Waals surface area contributed by atoms with Crippen LogP contribution in [-0.4, -0.2) is 34.5 Å². The number of benzene rings is 1. The SMILES string of the molecule is CCSCCC(NC(=O)c1cccc(C#N)c1)C(=O)O. The van der Waals surface area contributed by atoms with Crippen molar-refractivity contribution < 1.29 is 14.7 Å². The van der Waals surface area contributed by atoms with E-state index in [0.717, 1.165) is 5.75 Å². The van der Waals surface area contributed by atoms with E-state index in [1.807, 2.05) is 13.0 Å². The minimum Gasteiger partial charge on any atom is -0.480 e. The second-order valence-electron chi connectivity index (χ2n) is 4.04. The van der Waals surface area contributed by atoms with E-state index in [1.54, 1.807) is 30.0 Å². The zero-order chi connectivity index (χ0) is 15.0. The third-order valence-electron chi connectivity index (χ3n) is 2.61. The number of thioether (sulfide) groups is 1. The van der Waals surface area contributed by atoms with Crippen LogP contribution in [0.1, 0.15) is 29.3 Å². The van der Waals surface area contributed by atoms with Gasteiger partial charge in [0.15, 0.2) is 0 Å². The molecule has 0 saturated carbocycles. The molecule has 1 atom stereocenters. The average Bonchev–Trinajstić information content (AvgIpc) is 2.46. The predicted octanol–water partition coefficient (Wildman–Crippen LogP) is 1.88. The molecule has 20 heavy (non-hydrogen) atoms. The molecule has 0 saturated heterocycles. The molecule has 0 spiro atoms. The number of rotatable bonds is 7. The van der Waals surface area contributed by atoms with Crippen molar-refractivity contribution in [2.45, 2.75) is 19.4 Å². The largest absolute Gasteiger partial charge is 0.480 e. The van der Waals surface area contributed by atoms with Crippen LogP contribution in [0.2, 0.25) is 0 Å². The van der Waals surface area contributed by atoms with E-state index in [2.05, 4.69) is 5.32 Å². The molecule has 1 aromatic carbocycles. The van der Waals surface area contributed by atoms with Crippen molar-refractivity contribution in [1.82, 2.24) is 5.32 Å². The Morgan fingerprint density at radius 2 is 2.25 bits per heavy atom. The summed E-state index contributed by atoms with van der Waals surface area (Å²) in [5.74, 6) is 0.0544. The Morgan fingerprint density at radius 3 is 2.85 bits per heavy atom. The van der Waals surface area contributed by atoms with Crippen LogP contribution in [0.3, 0.4) is 0 Å². The zero-order valence-electron chi connectivity index (χ0n) is 11.1. The van der Waals surface area contributed by atoms with Gasteiger partial charge in [-0.3, -0.25) is 4.79 Å². The molecule has 0 fully saturated rings. The number of nitrogens with one attached hydrogen (secondary N) is 1. The van der Waals surface area contributed by atoms with E-state index in [1.165, 1.54) is 6.07 Å². The Labute approximate surface area is 122 Å². The molecule has 0 bridgehead atoms. The lowest BCUT2D eigenvalue weighted by molar-refractivity contribution is -0.139. The van der Waals surface area contributed by atoms with Crippen LogP contribution in [0.4, 0.5) is 0 Å². The van der Waals surface area contributed by atoms with Gasteiger partial charge in [-0.1, -0.05) is 13.0 Å². The van der Waals surface area contributed by atoms with Gasteiger partial charge in [0.25, 0.3) is 5.91 Å². The van der Waals surface area contributed by atoms with Gasteiger partial charge in [-0.15, -0.1) is 0 Å². The second-order valence-corrected chi connectivity index (χ2v) is 5.44. The van der Waals surface area contributed by atoms with Crippen molar-refractivity contribution in [1.29, 1.82) is 5.26 Å². The summed E-state index contributed by atoms with van der Waals surface area (Å²) in [4.78, 5) is 23.1. The molecule has 0 aliphatic rings. The number of nitriles is 1. The van der Waals surface area contributed by atoms with E-state index >= 15 is 0 Å². The molecule has 1 rings (SSSR count). The first-order chi connectivity index (χ1) is 9.58. The van der Waals surface area contributed by atoms with Crippen molar-refractivity contribution in [3.63, 3.8) is 0 Å². The first kappa shape index (κ1) is 16.1. The lowest BCUT2D eigenvalue weighted by Gasteiger charge is -2.14. The zero-order valence-corrected chi connectivity index (χ0v) is 11.9. The Morgan fingerprint density at radius 1 is 1.50 bits per heavy atom. The monoisotopic (exact) mass is 292 g/mol. The highest BCUT2D eigenvalue weighted by Crippen LogP contribution is 2.07. The van der Waals surface area contributed by atoms with Gasteiger partial charge < -0.3 is 10.4 Å². The number of nitrogens with zero attached hydrogens (tertiary/aromatic N) is 1. The van der Waals surface area contributed by atoms with Crippen molar-refractivity contribution in [2.24, 2.45) is 0 Å². The standard InChI is InChI=1S/C14H16N2O3S/c1-2-20-7-6-12(14(18)19)16-13(17)11-5-3-4-10(8-11)9-15/h3-5,8,12H,2,6-7H2,1H3,(H,16,17)(H,18,19). The predicted molar refractivity (Wildman–Crippen MR) is 77.7 cm³/mol. The number of carboxylic acid groups (broad SMARTS) is 1. The van der Waals surface area contributed by atoms with Gasteiger partial charge >= 0.3 is 5.97 Å². The van der Waals surface area contributed by atoms with Gasteiger partial charge in [0.05, 0.1) is 11.6 Å². The molecule has 1 aromatic rings. The smallest absolute Gasteiger partial charge is 0.326 e. The van der Waals surface area contributed by atoms with Crippen molar-refractivity contribution in [3.8, 4) is 6.07 Å².